The first-order valence-electron chi connectivity index (χ1n) is 8.16. The molecule has 0 radical (unpaired) electrons. The Morgan fingerprint density at radius 2 is 2.08 bits per heavy atom. The van der Waals surface area contributed by atoms with Gasteiger partial charge in [-0.1, -0.05) is 28.1 Å². The molecule has 25 heavy (non-hydrogen) atoms. The fourth-order valence-corrected chi connectivity index (χ4v) is 4.62. The molecular weight excluding hydrogens is 400 g/mol. The van der Waals surface area contributed by atoms with E-state index in [0.29, 0.717) is 6.54 Å². The summed E-state index contributed by atoms with van der Waals surface area (Å²) in [5.41, 5.74) is 7.61. The van der Waals surface area contributed by atoms with Crippen LogP contribution in [0.3, 0.4) is 0 Å². The molecule has 128 valence electrons. The predicted molar refractivity (Wildman–Crippen MR) is 105 cm³/mol. The number of carbonyl (C=O) groups is 1. The lowest BCUT2D eigenvalue weighted by Crippen LogP contribution is -2.41. The van der Waals surface area contributed by atoms with E-state index in [2.05, 4.69) is 49.0 Å². The van der Waals surface area contributed by atoms with Crippen LogP contribution in [0.1, 0.15) is 12.8 Å². The van der Waals surface area contributed by atoms with Gasteiger partial charge < -0.3 is 10.6 Å². The van der Waals surface area contributed by atoms with Gasteiger partial charge in [-0.3, -0.25) is 4.79 Å². The van der Waals surface area contributed by atoms with Gasteiger partial charge in [0.25, 0.3) is 0 Å². The molecule has 7 heteroatoms. The number of aromatic nitrogens is 2. The van der Waals surface area contributed by atoms with Crippen molar-refractivity contribution < 1.29 is 4.79 Å². The summed E-state index contributed by atoms with van der Waals surface area (Å²) in [7, 11) is 0. The molecule has 3 aromatic rings. The summed E-state index contributed by atoms with van der Waals surface area (Å²) in [4.78, 5) is 23.8. The van der Waals surface area contributed by atoms with Crippen molar-refractivity contribution >= 4 is 49.2 Å². The SMILES string of the molecule is NC(=O)[C@@H]1CCCN(c2ncnc3cc(-c4ccc(Br)cc4)sc23)C1. The number of nitrogens with two attached hydrogens (primary N) is 1. The molecule has 5 nitrogen and oxygen atoms in total. The number of thiophene rings is 1. The van der Waals surface area contributed by atoms with Gasteiger partial charge in [0.15, 0.2) is 0 Å². The lowest BCUT2D eigenvalue weighted by Gasteiger charge is -2.32. The zero-order valence-corrected chi connectivity index (χ0v) is 15.9. The number of hydrogen-bond acceptors (Lipinski definition) is 5. The van der Waals surface area contributed by atoms with Gasteiger partial charge in [0.05, 0.1) is 16.1 Å². The maximum Gasteiger partial charge on any atom is 0.222 e. The third-order valence-electron chi connectivity index (χ3n) is 4.54. The van der Waals surface area contributed by atoms with Crippen molar-refractivity contribution in [2.45, 2.75) is 12.8 Å². The van der Waals surface area contributed by atoms with Gasteiger partial charge in [0, 0.05) is 22.4 Å². The van der Waals surface area contributed by atoms with Gasteiger partial charge in [0.2, 0.25) is 5.91 Å². The van der Waals surface area contributed by atoms with E-state index in [0.717, 1.165) is 50.3 Å². The van der Waals surface area contributed by atoms with Crippen LogP contribution in [0, 0.1) is 5.92 Å². The lowest BCUT2D eigenvalue weighted by atomic mass is 9.97. The first kappa shape index (κ1) is 16.5. The molecule has 3 heterocycles. The highest BCUT2D eigenvalue weighted by Crippen LogP contribution is 2.38. The Balaban J connectivity index is 1.72. The van der Waals surface area contributed by atoms with E-state index in [1.807, 2.05) is 12.1 Å². The Bertz CT molecular complexity index is 924. The first-order valence-corrected chi connectivity index (χ1v) is 9.77. The lowest BCUT2D eigenvalue weighted by molar-refractivity contribution is -0.122. The number of hydrogen-bond donors (Lipinski definition) is 1. The van der Waals surface area contributed by atoms with Crippen molar-refractivity contribution in [2.75, 3.05) is 18.0 Å². The van der Waals surface area contributed by atoms with Crippen molar-refractivity contribution in [1.29, 1.82) is 0 Å². The van der Waals surface area contributed by atoms with Crippen LogP contribution < -0.4 is 10.6 Å². The molecule has 1 aliphatic heterocycles. The number of rotatable bonds is 3. The molecule has 0 bridgehead atoms. The van der Waals surface area contributed by atoms with E-state index in [4.69, 9.17) is 5.73 Å². The number of carbonyl (C=O) groups excluding carboxylic acids is 1. The Morgan fingerprint density at radius 1 is 1.28 bits per heavy atom. The van der Waals surface area contributed by atoms with Gasteiger partial charge in [-0.25, -0.2) is 9.97 Å². The highest BCUT2D eigenvalue weighted by molar-refractivity contribution is 9.10. The quantitative estimate of drug-likeness (QED) is 0.703. The number of halogens is 1. The Kier molecular flexibility index (Phi) is 4.43. The molecule has 2 aromatic heterocycles. The number of primary amides is 1. The number of nitrogens with zero attached hydrogens (tertiary/aromatic N) is 3. The van der Waals surface area contributed by atoms with Gasteiger partial charge >= 0.3 is 0 Å². The summed E-state index contributed by atoms with van der Waals surface area (Å²) >= 11 is 5.16. The topological polar surface area (TPSA) is 72.1 Å². The minimum absolute atomic E-state index is 0.107. The number of piperidine rings is 1. The molecule has 0 unspecified atom stereocenters. The second-order valence-corrected chi connectivity index (χ2v) is 8.18. The smallest absolute Gasteiger partial charge is 0.222 e. The van der Waals surface area contributed by atoms with Gasteiger partial charge in [-0.2, -0.15) is 0 Å². The molecule has 1 saturated heterocycles. The zero-order chi connectivity index (χ0) is 17.4. The summed E-state index contributed by atoms with van der Waals surface area (Å²) in [5.74, 6) is 0.575. The Hall–Kier alpha value is -1.99. The molecule has 0 saturated carbocycles. The van der Waals surface area contributed by atoms with Crippen molar-refractivity contribution in [3.63, 3.8) is 0 Å². The normalized spacial score (nSPS) is 17.8. The van der Waals surface area contributed by atoms with Gasteiger partial charge in [-0.15, -0.1) is 11.3 Å². The van der Waals surface area contributed by atoms with Crippen molar-refractivity contribution in [1.82, 2.24) is 9.97 Å². The van der Waals surface area contributed by atoms with Crippen LogP contribution in [0.4, 0.5) is 5.82 Å². The Morgan fingerprint density at radius 3 is 2.84 bits per heavy atom. The third-order valence-corrected chi connectivity index (χ3v) is 6.24. The summed E-state index contributed by atoms with van der Waals surface area (Å²) in [6, 6.07) is 10.4. The largest absolute Gasteiger partial charge is 0.369 e. The van der Waals surface area contributed by atoms with E-state index in [1.165, 1.54) is 0 Å². The van der Waals surface area contributed by atoms with Crippen molar-refractivity contribution in [3.05, 3.63) is 41.1 Å². The van der Waals surface area contributed by atoms with E-state index >= 15 is 0 Å². The van der Waals surface area contributed by atoms with Crippen LogP contribution >= 0.6 is 27.3 Å². The molecule has 1 aromatic carbocycles. The summed E-state index contributed by atoms with van der Waals surface area (Å²) in [6.07, 6.45) is 3.41. The van der Waals surface area contributed by atoms with E-state index < -0.39 is 0 Å². The average Bonchev–Trinajstić information content (AvgIpc) is 3.06. The molecule has 2 N–H and O–H groups in total. The van der Waals surface area contributed by atoms with E-state index in [-0.39, 0.29) is 11.8 Å². The minimum Gasteiger partial charge on any atom is -0.369 e. The third kappa shape index (κ3) is 3.26. The minimum atomic E-state index is -0.225. The summed E-state index contributed by atoms with van der Waals surface area (Å²) < 4.78 is 2.12. The highest BCUT2D eigenvalue weighted by Gasteiger charge is 2.26. The predicted octanol–water partition coefficient (Wildman–Crippen LogP) is 3.82. The second-order valence-electron chi connectivity index (χ2n) is 6.22. The average molecular weight is 417 g/mol. The van der Waals surface area contributed by atoms with Crippen LogP contribution in [0.25, 0.3) is 20.7 Å². The zero-order valence-electron chi connectivity index (χ0n) is 13.5. The fraction of sp³-hybridized carbons (Fsp3) is 0.278. The molecule has 0 aliphatic carbocycles. The monoisotopic (exact) mass is 416 g/mol. The van der Waals surface area contributed by atoms with Crippen LogP contribution in [-0.4, -0.2) is 29.0 Å². The summed E-state index contributed by atoms with van der Waals surface area (Å²) in [6.45, 7) is 1.52. The number of benzene rings is 1. The molecule has 1 aliphatic rings. The highest BCUT2D eigenvalue weighted by atomic mass is 79.9. The van der Waals surface area contributed by atoms with E-state index in [1.54, 1.807) is 17.7 Å². The van der Waals surface area contributed by atoms with Crippen LogP contribution in [0.15, 0.2) is 41.1 Å². The number of anilines is 1. The Labute approximate surface area is 158 Å². The molecule has 1 amide bonds. The van der Waals surface area contributed by atoms with Crippen LogP contribution in [0.2, 0.25) is 0 Å². The maximum atomic E-state index is 11.6. The summed E-state index contributed by atoms with van der Waals surface area (Å²) in [5, 5.41) is 0. The first-order chi connectivity index (χ1) is 12.1. The van der Waals surface area contributed by atoms with Crippen LogP contribution in [0.5, 0.6) is 0 Å². The number of fused-ring (bicyclic) bond motifs is 1. The molecular formula is C18H17BrN4OS. The van der Waals surface area contributed by atoms with Gasteiger partial charge in [0.1, 0.15) is 12.1 Å². The second kappa shape index (κ2) is 6.72. The van der Waals surface area contributed by atoms with Crippen molar-refractivity contribution in [3.8, 4) is 10.4 Å². The van der Waals surface area contributed by atoms with E-state index in [9.17, 15) is 4.79 Å². The van der Waals surface area contributed by atoms with Gasteiger partial charge in [-0.05, 0) is 36.6 Å². The molecule has 0 spiro atoms. The van der Waals surface area contributed by atoms with Crippen molar-refractivity contribution in [2.24, 2.45) is 11.7 Å². The number of amides is 1. The fourth-order valence-electron chi connectivity index (χ4n) is 3.23. The molecule has 1 fully saturated rings. The maximum absolute atomic E-state index is 11.6. The molecule has 4 rings (SSSR count). The standard InChI is InChI=1S/C18H17BrN4OS/c19-13-5-3-11(4-6-13)15-8-14-16(25-15)18(22-10-21-14)23-7-1-2-12(9-23)17(20)24/h3-6,8,10,12H,1-2,7,9H2,(H2,20,24)/t12-/m1/s1. The molecule has 1 atom stereocenters. The van der Waals surface area contributed by atoms with Crippen LogP contribution in [-0.2, 0) is 4.79 Å².